The van der Waals surface area contributed by atoms with E-state index in [1.807, 2.05) is 48.5 Å². The summed E-state index contributed by atoms with van der Waals surface area (Å²) < 4.78 is 97.6. The van der Waals surface area contributed by atoms with Crippen LogP contribution in [0.2, 0.25) is 42.3 Å². The summed E-state index contributed by atoms with van der Waals surface area (Å²) in [7, 11) is -30.6. The van der Waals surface area contributed by atoms with E-state index in [1.54, 1.807) is 0 Å². The zero-order valence-electron chi connectivity index (χ0n) is 38.8. The van der Waals surface area contributed by atoms with Crippen LogP contribution in [0.25, 0.3) is 11.1 Å². The number of hydrogen-bond donors (Lipinski definition) is 0. The predicted octanol–water partition coefficient (Wildman–Crippen LogP) is 9.49. The van der Waals surface area contributed by atoms with E-state index in [2.05, 4.69) is 89.2 Å². The van der Waals surface area contributed by atoms with Crippen LogP contribution in [-0.4, -0.2) is 77.8 Å². The molecule has 4 unspecified atom stereocenters. The van der Waals surface area contributed by atoms with E-state index < -0.39 is 71.2 Å². The molecule has 0 spiro atoms. The Kier molecular flexibility index (Phi) is 14.9. The zero-order chi connectivity index (χ0) is 44.8. The normalized spacial score (nSPS) is 35.4. The van der Waals surface area contributed by atoms with Crippen LogP contribution in [0.15, 0.2) is 48.5 Å². The molecule has 2 aromatic carbocycles. The lowest BCUT2D eigenvalue weighted by atomic mass is 10.0. The summed E-state index contributed by atoms with van der Waals surface area (Å²) in [6, 6.07) is 20.9. The molecule has 22 heteroatoms. The Hall–Kier alpha value is -1.01. The Morgan fingerprint density at radius 3 is 1.11 bits per heavy atom. The second-order valence-electron chi connectivity index (χ2n) is 20.1. The Morgan fingerprint density at radius 1 is 0.452 bits per heavy atom. The number of nitrogens with zero attached hydrogens (tertiary/aromatic N) is 1. The van der Waals surface area contributed by atoms with Gasteiger partial charge in [0.25, 0.3) is 0 Å². The second kappa shape index (κ2) is 18.9. The van der Waals surface area contributed by atoms with E-state index in [0.717, 1.165) is 16.9 Å². The van der Waals surface area contributed by atoms with E-state index in [-0.39, 0.29) is 35.5 Å². The maximum Gasteiger partial charge on any atom is 0.479 e. The lowest BCUT2D eigenvalue weighted by molar-refractivity contribution is -0.0262. The molecule has 0 amide bonds. The van der Waals surface area contributed by atoms with Crippen molar-refractivity contribution in [3.63, 3.8) is 0 Å². The average Bonchev–Trinajstić information content (AvgIpc) is 3.08. The zero-order valence-corrected chi connectivity index (χ0v) is 46.9. The minimum absolute atomic E-state index is 0.0952. The minimum Gasteiger partial charge on any atom is -0.494 e. The molecule has 344 valence electrons. The third-order valence-electron chi connectivity index (χ3n) is 10.7. The van der Waals surface area contributed by atoms with Crippen LogP contribution in [0.4, 0.5) is 0 Å². The van der Waals surface area contributed by atoms with Gasteiger partial charge in [-0.05, 0) is 77.3 Å². The molecule has 0 aliphatic carbocycles. The van der Waals surface area contributed by atoms with Crippen LogP contribution in [0.5, 0.6) is 5.75 Å². The summed E-state index contributed by atoms with van der Waals surface area (Å²) in [6.45, 7) is 26.1. The lowest BCUT2D eigenvalue weighted by Gasteiger charge is -2.62. The maximum atomic E-state index is 9.22. The van der Waals surface area contributed by atoms with Crippen LogP contribution in [0, 0.1) is 46.8 Å². The fourth-order valence-electron chi connectivity index (χ4n) is 8.98. The Labute approximate surface area is 379 Å². The summed E-state index contributed by atoms with van der Waals surface area (Å²) >= 11 is 0. The van der Waals surface area contributed by atoms with Crippen LogP contribution in [0.1, 0.15) is 95.1 Å². The quantitative estimate of drug-likeness (QED) is 0.103. The molecule has 8 rings (SSSR count). The molecule has 6 aliphatic rings. The molecule has 0 saturated carbocycles. The lowest BCUT2D eigenvalue weighted by Crippen LogP contribution is -2.87. The summed E-state index contributed by atoms with van der Waals surface area (Å²) in [5.41, 5.74) is 2.68. The van der Waals surface area contributed by atoms with Gasteiger partial charge in [0.15, 0.2) is 0 Å². The third-order valence-corrected chi connectivity index (χ3v) is 48.5. The number of hydrogen-bond acceptors (Lipinski definition) is 14. The third kappa shape index (κ3) is 11.4. The molecule has 6 aliphatic heterocycles. The number of benzene rings is 2. The average molecular weight is 997 g/mol. The molecule has 14 nitrogen and oxygen atoms in total. The van der Waals surface area contributed by atoms with E-state index in [1.165, 1.54) is 0 Å². The van der Waals surface area contributed by atoms with Gasteiger partial charge in [-0.3, -0.25) is 0 Å². The maximum absolute atomic E-state index is 9.22. The first-order valence-corrected chi connectivity index (χ1v) is 37.6. The molecule has 6 fully saturated rings. The van der Waals surface area contributed by atoms with Crippen LogP contribution in [-0.2, 0) is 49.4 Å². The van der Waals surface area contributed by atoms with Gasteiger partial charge in [0, 0.05) is 42.3 Å². The minimum atomic E-state index is -3.95. The van der Waals surface area contributed by atoms with Gasteiger partial charge in [0.1, 0.15) is 5.75 Å². The van der Waals surface area contributed by atoms with Crippen molar-refractivity contribution in [3.8, 4) is 22.9 Å². The smallest absolute Gasteiger partial charge is 0.479 e. The highest BCUT2D eigenvalue weighted by Gasteiger charge is 2.81. The van der Waals surface area contributed by atoms with Crippen molar-refractivity contribution in [1.82, 2.24) is 0 Å². The number of nitriles is 1. The molecule has 8 bridgehead atoms. The van der Waals surface area contributed by atoms with Gasteiger partial charge >= 0.3 is 71.2 Å². The molecule has 6 saturated heterocycles. The SMILES string of the molecule is CC(C)C[Si]12O[SiH]3O[Si]4(CCCOc5ccc(-c6ccc(C#N)cc6)cc5)O[Si](CC(C)C)(O1)O[Si]1(CC(C)C)O[Si](CC(C)C)(O4)O[Si](CC(C)C)(O3)O[Si](CC(C)C)(O2)O1. The summed E-state index contributed by atoms with van der Waals surface area (Å²) in [5.74, 6) is 1.39. The second-order valence-corrected chi connectivity index (χ2v) is 43.4. The van der Waals surface area contributed by atoms with Crippen LogP contribution >= 0.6 is 0 Å². The highest BCUT2D eigenvalue weighted by molar-refractivity contribution is 7.01. The Morgan fingerprint density at radius 2 is 0.758 bits per heavy atom. The fraction of sp³-hybridized carbons (Fsp3) is 0.675. The van der Waals surface area contributed by atoms with Gasteiger partial charge in [-0.25, -0.2) is 0 Å². The molecule has 6 heterocycles. The largest absolute Gasteiger partial charge is 0.494 e. The first kappa shape index (κ1) is 48.9. The monoisotopic (exact) mass is 995 g/mol. The van der Waals surface area contributed by atoms with Gasteiger partial charge in [0.2, 0.25) is 0 Å². The van der Waals surface area contributed by atoms with Crippen molar-refractivity contribution in [2.75, 3.05) is 6.61 Å². The van der Waals surface area contributed by atoms with E-state index >= 15 is 0 Å². The molecule has 0 radical (unpaired) electrons. The van der Waals surface area contributed by atoms with E-state index in [9.17, 15) is 5.26 Å². The molecule has 2 aromatic rings. The van der Waals surface area contributed by atoms with Gasteiger partial charge < -0.3 is 54.1 Å². The molecule has 62 heavy (non-hydrogen) atoms. The number of ether oxygens (including phenoxy) is 1. The van der Waals surface area contributed by atoms with Crippen molar-refractivity contribution < 1.29 is 54.1 Å². The number of rotatable bonds is 18. The van der Waals surface area contributed by atoms with Crippen LogP contribution < -0.4 is 4.74 Å². The van der Waals surface area contributed by atoms with Gasteiger partial charge in [-0.15, -0.1) is 0 Å². The first-order valence-electron chi connectivity index (χ1n) is 22.7. The molecular formula is C40H69NO13Si8. The summed E-state index contributed by atoms with van der Waals surface area (Å²) in [5, 5.41) is 9.22. The van der Waals surface area contributed by atoms with E-state index in [0.29, 0.717) is 60.9 Å². The molecule has 0 aromatic heterocycles. The fourth-order valence-corrected chi connectivity index (χ4v) is 57.3. The van der Waals surface area contributed by atoms with E-state index in [4.69, 9.17) is 54.1 Å². The topological polar surface area (TPSA) is 144 Å². The van der Waals surface area contributed by atoms with Crippen LogP contribution in [0.3, 0.4) is 0 Å². The predicted molar refractivity (Wildman–Crippen MR) is 250 cm³/mol. The van der Waals surface area contributed by atoms with Gasteiger partial charge in [0.05, 0.1) is 18.2 Å². The van der Waals surface area contributed by atoms with Crippen molar-refractivity contribution in [3.05, 3.63) is 54.1 Å². The van der Waals surface area contributed by atoms with Gasteiger partial charge in [-0.1, -0.05) is 107 Å². The van der Waals surface area contributed by atoms with Gasteiger partial charge in [-0.2, -0.15) is 5.26 Å². The first-order chi connectivity index (χ1) is 29.1. The van der Waals surface area contributed by atoms with Crippen molar-refractivity contribution >= 4 is 71.2 Å². The highest BCUT2D eigenvalue weighted by atomic mass is 28.6. The van der Waals surface area contributed by atoms with Crippen molar-refractivity contribution in [2.45, 2.75) is 132 Å². The Balaban J connectivity index is 1.33. The molecular weight excluding hydrogens is 927 g/mol. The Bertz CT molecular complexity index is 1830. The summed E-state index contributed by atoms with van der Waals surface area (Å²) in [6.07, 6.45) is 0.522. The van der Waals surface area contributed by atoms with Crippen molar-refractivity contribution in [1.29, 1.82) is 5.26 Å². The summed E-state index contributed by atoms with van der Waals surface area (Å²) in [4.78, 5) is 0. The standard InChI is InChI=1S/C40H69NO13Si8/c1-31(2)25-57-44-55-43-56(23-13-22-42-40-20-18-39(19-21-40)38-16-14-37(24-41)15-17-38)46-59(48-57,27-33(5)6)52-62(30-36(11)12)53-60(47-56,28-34(7)8)49-58(45-55,26-32(3)4)51-61(50-57,54-62)29-35(9)10/h14-21,31-36,55H,13,22-23,25-30H2,1-12H3. The molecule has 4 atom stereocenters. The molecule has 0 N–H and O–H groups in total. The van der Waals surface area contributed by atoms with Crippen molar-refractivity contribution in [2.24, 2.45) is 35.5 Å². The highest BCUT2D eigenvalue weighted by Crippen LogP contribution is 2.53.